The van der Waals surface area contributed by atoms with Crippen molar-refractivity contribution >= 4 is 25.7 Å². The molecule has 0 saturated heterocycles. The van der Waals surface area contributed by atoms with Gasteiger partial charge >= 0.3 is 0 Å². The molecule has 0 bridgehead atoms. The van der Waals surface area contributed by atoms with Gasteiger partial charge in [-0.15, -0.1) is 0 Å². The third-order valence-corrected chi connectivity index (χ3v) is 8.17. The lowest BCUT2D eigenvalue weighted by Crippen LogP contribution is -2.38. The second-order valence-electron chi connectivity index (χ2n) is 5.89. The van der Waals surface area contributed by atoms with Crippen LogP contribution in [0, 0.1) is 34.9 Å². The van der Waals surface area contributed by atoms with Crippen LogP contribution in [-0.4, -0.2) is 16.8 Å². The van der Waals surface area contributed by atoms with Crippen LogP contribution in [0.4, 0.5) is 32.0 Å². The van der Waals surface area contributed by atoms with Crippen LogP contribution in [-0.2, 0) is 20.0 Å². The maximum absolute atomic E-state index is 14.2. The number of benzene rings is 3. The molecule has 0 N–H and O–H groups in total. The Hall–Kier alpha value is -3.06. The van der Waals surface area contributed by atoms with Crippen LogP contribution in [0.5, 0.6) is 0 Å². The van der Waals surface area contributed by atoms with Gasteiger partial charge in [0.1, 0.15) is 9.79 Å². The van der Waals surface area contributed by atoms with Crippen molar-refractivity contribution in [2.24, 2.45) is 0 Å². The summed E-state index contributed by atoms with van der Waals surface area (Å²) in [5, 5.41) is 0. The van der Waals surface area contributed by atoms with Crippen molar-refractivity contribution in [3.05, 3.63) is 89.5 Å². The van der Waals surface area contributed by atoms with E-state index in [1.54, 1.807) is 0 Å². The van der Waals surface area contributed by atoms with E-state index in [4.69, 9.17) is 0 Å². The molecule has 0 aromatic heterocycles. The molecule has 0 aliphatic rings. The van der Waals surface area contributed by atoms with Gasteiger partial charge in [-0.05, 0) is 36.4 Å². The first kappa shape index (κ1) is 22.6. The minimum absolute atomic E-state index is 0.235. The number of anilines is 1. The number of nitrogens with zero attached hydrogens (tertiary/aromatic N) is 1. The van der Waals surface area contributed by atoms with Gasteiger partial charge in [0.15, 0.2) is 34.9 Å². The highest BCUT2D eigenvalue weighted by atomic mass is 32.3. The lowest BCUT2D eigenvalue weighted by Gasteiger charge is -2.24. The highest BCUT2D eigenvalue weighted by molar-refractivity contribution is 8.10. The predicted octanol–water partition coefficient (Wildman–Crippen LogP) is 4.11. The quantitative estimate of drug-likeness (QED) is 0.406. The first-order valence-corrected chi connectivity index (χ1v) is 10.9. The molecule has 0 saturated carbocycles. The smallest absolute Gasteiger partial charge is 0.204 e. The molecule has 31 heavy (non-hydrogen) atoms. The van der Waals surface area contributed by atoms with Crippen molar-refractivity contribution in [3.8, 4) is 0 Å². The van der Waals surface area contributed by atoms with E-state index < -0.39 is 74.1 Å². The van der Waals surface area contributed by atoms with E-state index in [1.807, 2.05) is 0 Å². The summed E-state index contributed by atoms with van der Waals surface area (Å²) in [5.41, 5.74) is -0.698. The van der Waals surface area contributed by atoms with Gasteiger partial charge in [-0.3, -0.25) is 0 Å². The Morgan fingerprint density at radius 1 is 0.516 bits per heavy atom. The lowest BCUT2D eigenvalue weighted by atomic mass is 10.3. The summed E-state index contributed by atoms with van der Waals surface area (Å²) >= 11 is 0. The third-order valence-electron chi connectivity index (χ3n) is 3.96. The fourth-order valence-corrected chi connectivity index (χ4v) is 6.33. The van der Waals surface area contributed by atoms with E-state index in [9.17, 15) is 43.2 Å². The Kier molecular flexibility index (Phi) is 5.76. The molecule has 13 heteroatoms. The summed E-state index contributed by atoms with van der Waals surface area (Å²) in [6.07, 6.45) is 0. The molecule has 0 fully saturated rings. The number of sulfonamides is 2. The fraction of sp³-hybridized carbons (Fsp3) is 0. The van der Waals surface area contributed by atoms with Crippen molar-refractivity contribution in [3.63, 3.8) is 0 Å². The van der Waals surface area contributed by atoms with Gasteiger partial charge in [0.25, 0.3) is 20.0 Å². The monoisotopic (exact) mass is 481 g/mol. The first-order chi connectivity index (χ1) is 14.4. The summed E-state index contributed by atoms with van der Waals surface area (Å²) < 4.78 is 134. The first-order valence-electron chi connectivity index (χ1n) is 8.03. The average Bonchev–Trinajstić information content (AvgIpc) is 2.70. The Morgan fingerprint density at radius 2 is 0.903 bits per heavy atom. The zero-order chi connectivity index (χ0) is 23.1. The maximum atomic E-state index is 14.2. The average molecular weight is 481 g/mol. The number of hydrogen-bond donors (Lipinski definition) is 0. The summed E-state index contributed by atoms with van der Waals surface area (Å²) in [6.45, 7) is 0. The van der Waals surface area contributed by atoms with Crippen LogP contribution in [0.1, 0.15) is 0 Å². The van der Waals surface area contributed by atoms with Crippen molar-refractivity contribution in [1.82, 2.24) is 0 Å². The fourth-order valence-electron chi connectivity index (χ4n) is 2.55. The van der Waals surface area contributed by atoms with Crippen molar-refractivity contribution in [1.29, 1.82) is 0 Å². The van der Waals surface area contributed by atoms with E-state index in [2.05, 4.69) is 0 Å². The van der Waals surface area contributed by atoms with Gasteiger partial charge in [-0.2, -0.15) is 20.5 Å². The molecule has 3 aromatic rings. The van der Waals surface area contributed by atoms with E-state index in [-0.39, 0.29) is 24.3 Å². The Labute approximate surface area is 172 Å². The van der Waals surface area contributed by atoms with Crippen molar-refractivity contribution < 1.29 is 43.2 Å². The molecular formula is C18H9F6NO4S2. The highest BCUT2D eigenvalue weighted by Crippen LogP contribution is 2.34. The van der Waals surface area contributed by atoms with E-state index in [1.165, 1.54) is 6.07 Å². The molecule has 3 aromatic carbocycles. The number of halogens is 6. The van der Waals surface area contributed by atoms with E-state index in [0.717, 1.165) is 24.3 Å². The largest absolute Gasteiger partial charge is 0.280 e. The second-order valence-corrected chi connectivity index (χ2v) is 9.63. The van der Waals surface area contributed by atoms with Crippen LogP contribution in [0.2, 0.25) is 0 Å². The van der Waals surface area contributed by atoms with Crippen LogP contribution in [0.25, 0.3) is 0 Å². The molecule has 0 spiro atoms. The summed E-state index contributed by atoms with van der Waals surface area (Å²) in [4.78, 5) is -3.19. The van der Waals surface area contributed by atoms with Gasteiger partial charge in [-0.25, -0.2) is 26.3 Å². The zero-order valence-electron chi connectivity index (χ0n) is 14.9. The maximum Gasteiger partial charge on any atom is 0.280 e. The third kappa shape index (κ3) is 3.74. The Balaban J connectivity index is 2.36. The molecule has 164 valence electrons. The summed E-state index contributed by atoms with van der Waals surface area (Å²) in [5.74, 6) is -12.4. The molecule has 0 radical (unpaired) electrons. The van der Waals surface area contributed by atoms with Crippen LogP contribution in [0.15, 0.2) is 64.4 Å². The predicted molar refractivity (Wildman–Crippen MR) is 95.9 cm³/mol. The van der Waals surface area contributed by atoms with Crippen LogP contribution >= 0.6 is 0 Å². The number of para-hydroxylation sites is 1. The van der Waals surface area contributed by atoms with Gasteiger partial charge in [0.05, 0.1) is 5.69 Å². The molecule has 0 unspecified atom stereocenters. The molecule has 0 heterocycles. The number of rotatable bonds is 5. The Morgan fingerprint density at radius 3 is 1.29 bits per heavy atom. The van der Waals surface area contributed by atoms with E-state index >= 15 is 0 Å². The molecule has 0 atom stereocenters. The highest BCUT2D eigenvalue weighted by Gasteiger charge is 2.41. The number of hydrogen-bond acceptors (Lipinski definition) is 4. The minimum atomic E-state index is -5.59. The molecule has 0 aliphatic carbocycles. The molecule has 5 nitrogen and oxygen atoms in total. The molecule has 3 rings (SSSR count). The summed E-state index contributed by atoms with van der Waals surface area (Å²) in [7, 11) is -11.2. The Bertz CT molecular complexity index is 1290. The van der Waals surface area contributed by atoms with Gasteiger partial charge in [-0.1, -0.05) is 18.2 Å². The van der Waals surface area contributed by atoms with Crippen LogP contribution < -0.4 is 3.71 Å². The van der Waals surface area contributed by atoms with Gasteiger partial charge in [0, 0.05) is 0 Å². The van der Waals surface area contributed by atoms with Gasteiger partial charge < -0.3 is 0 Å². The van der Waals surface area contributed by atoms with Crippen LogP contribution in [0.3, 0.4) is 0 Å². The molecule has 0 aliphatic heterocycles. The van der Waals surface area contributed by atoms with E-state index in [0.29, 0.717) is 0 Å². The SMILES string of the molecule is O=S(=O)(c1ccc(F)c(F)c1F)N(c1ccccc1)S(=O)(=O)c1ccc(F)c(F)c1F. The van der Waals surface area contributed by atoms with Crippen molar-refractivity contribution in [2.45, 2.75) is 9.79 Å². The second kappa shape index (κ2) is 7.89. The molecular weight excluding hydrogens is 472 g/mol. The van der Waals surface area contributed by atoms with Gasteiger partial charge in [0.2, 0.25) is 0 Å². The van der Waals surface area contributed by atoms with Crippen molar-refractivity contribution in [2.75, 3.05) is 3.71 Å². The normalized spacial score (nSPS) is 12.1. The summed E-state index contributed by atoms with van der Waals surface area (Å²) in [6, 6.07) is 6.48. The topological polar surface area (TPSA) is 71.5 Å². The zero-order valence-corrected chi connectivity index (χ0v) is 16.5. The standard InChI is InChI=1S/C18H9F6NO4S2/c19-11-6-8-13(17(23)15(11)21)30(26,27)25(10-4-2-1-3-5-10)31(28,29)14-9-7-12(20)16(22)18(14)24/h1-9H. The minimum Gasteiger partial charge on any atom is -0.204 e. The molecule has 0 amide bonds. The lowest BCUT2D eigenvalue weighted by molar-refractivity contribution is 0.431.